The van der Waals surface area contributed by atoms with E-state index in [9.17, 15) is 14.7 Å². The van der Waals surface area contributed by atoms with Crippen molar-refractivity contribution >= 4 is 12.1 Å². The summed E-state index contributed by atoms with van der Waals surface area (Å²) in [5.41, 5.74) is 2.18. The molecule has 3 rings (SSSR count). The Morgan fingerprint density at radius 3 is 2.12 bits per heavy atom. The number of benzene rings is 3. The molecule has 2 atom stereocenters. The summed E-state index contributed by atoms with van der Waals surface area (Å²) >= 11 is 0. The number of rotatable bonds is 10. The fourth-order valence-electron chi connectivity index (χ4n) is 3.11. The molecule has 0 aliphatic carbocycles. The highest BCUT2D eigenvalue weighted by Gasteiger charge is 2.32. The molecular formula is C26H27NO6. The molecule has 0 spiro atoms. The predicted octanol–water partition coefficient (Wildman–Crippen LogP) is 4.16. The third kappa shape index (κ3) is 7.36. The Labute approximate surface area is 192 Å². The van der Waals surface area contributed by atoms with E-state index < -0.39 is 24.2 Å². The average molecular weight is 450 g/mol. The highest BCUT2D eigenvalue weighted by molar-refractivity contribution is 5.82. The Hall–Kier alpha value is -3.84. The number of carbonyl (C=O) groups is 2. The van der Waals surface area contributed by atoms with Crippen LogP contribution in [-0.4, -0.2) is 29.8 Å². The van der Waals surface area contributed by atoms with E-state index in [4.69, 9.17) is 14.2 Å². The van der Waals surface area contributed by atoms with Crippen molar-refractivity contribution in [2.24, 2.45) is 0 Å². The minimum atomic E-state index is -1.37. The lowest BCUT2D eigenvalue weighted by Crippen LogP contribution is -2.46. The molecule has 172 valence electrons. The largest absolute Gasteiger partial charge is 0.489 e. The number of carbonyl (C=O) groups excluding carboxylic acids is 2. The van der Waals surface area contributed by atoms with Gasteiger partial charge in [0.1, 0.15) is 25.1 Å². The molecule has 0 aliphatic rings. The average Bonchev–Trinajstić information content (AvgIpc) is 2.86. The van der Waals surface area contributed by atoms with E-state index in [1.54, 1.807) is 31.2 Å². The molecule has 3 aromatic rings. The van der Waals surface area contributed by atoms with Gasteiger partial charge >= 0.3 is 12.1 Å². The Kier molecular flexibility index (Phi) is 8.85. The maximum absolute atomic E-state index is 12.5. The molecule has 1 amide bonds. The van der Waals surface area contributed by atoms with E-state index in [0.29, 0.717) is 17.9 Å². The van der Waals surface area contributed by atoms with E-state index in [0.717, 1.165) is 11.1 Å². The van der Waals surface area contributed by atoms with Crippen LogP contribution >= 0.6 is 0 Å². The Morgan fingerprint density at radius 2 is 1.48 bits per heavy atom. The molecule has 0 saturated heterocycles. The SMILES string of the molecule is CCOC(=O)[C@@H](NC(=O)OCc1ccccc1)[C@H](O)c1cccc(OCc2ccccc2)c1. The van der Waals surface area contributed by atoms with Crippen molar-refractivity contribution in [2.45, 2.75) is 32.3 Å². The molecule has 0 aliphatic heterocycles. The molecule has 33 heavy (non-hydrogen) atoms. The molecule has 3 aromatic carbocycles. The first-order chi connectivity index (χ1) is 16.1. The highest BCUT2D eigenvalue weighted by atomic mass is 16.6. The van der Waals surface area contributed by atoms with Gasteiger partial charge in [0.25, 0.3) is 0 Å². The van der Waals surface area contributed by atoms with Crippen LogP contribution in [0.4, 0.5) is 4.79 Å². The fourth-order valence-corrected chi connectivity index (χ4v) is 3.11. The second-order valence-electron chi connectivity index (χ2n) is 7.23. The lowest BCUT2D eigenvalue weighted by molar-refractivity contribution is -0.148. The van der Waals surface area contributed by atoms with Crippen molar-refractivity contribution in [3.63, 3.8) is 0 Å². The molecule has 0 fully saturated rings. The van der Waals surface area contributed by atoms with Crippen LogP contribution in [0.5, 0.6) is 5.75 Å². The van der Waals surface area contributed by atoms with Crippen LogP contribution in [-0.2, 0) is 27.5 Å². The maximum atomic E-state index is 12.5. The number of aliphatic hydroxyl groups is 1. The van der Waals surface area contributed by atoms with Crippen LogP contribution in [0, 0.1) is 0 Å². The summed E-state index contributed by atoms with van der Waals surface area (Å²) in [6.07, 6.45) is -2.21. The zero-order chi connectivity index (χ0) is 23.5. The van der Waals surface area contributed by atoms with Gasteiger partial charge in [-0.05, 0) is 35.7 Å². The number of aliphatic hydroxyl groups excluding tert-OH is 1. The van der Waals surface area contributed by atoms with Crippen molar-refractivity contribution in [3.05, 3.63) is 102 Å². The lowest BCUT2D eigenvalue weighted by Gasteiger charge is -2.23. The van der Waals surface area contributed by atoms with Crippen LogP contribution in [0.2, 0.25) is 0 Å². The summed E-state index contributed by atoms with van der Waals surface area (Å²) in [7, 11) is 0. The number of esters is 1. The van der Waals surface area contributed by atoms with Gasteiger partial charge in [0, 0.05) is 0 Å². The van der Waals surface area contributed by atoms with Crippen LogP contribution in [0.3, 0.4) is 0 Å². The summed E-state index contributed by atoms with van der Waals surface area (Å²) in [6.45, 7) is 2.13. The normalized spacial score (nSPS) is 12.3. The number of hydrogen-bond donors (Lipinski definition) is 2. The van der Waals surface area contributed by atoms with Crippen molar-refractivity contribution in [1.29, 1.82) is 0 Å². The van der Waals surface area contributed by atoms with Crippen LogP contribution in [0.1, 0.15) is 29.7 Å². The molecule has 2 N–H and O–H groups in total. The summed E-state index contributed by atoms with van der Waals surface area (Å²) in [4.78, 5) is 24.8. The molecule has 0 aromatic heterocycles. The van der Waals surface area contributed by atoms with Crippen molar-refractivity contribution < 1.29 is 28.9 Å². The Balaban J connectivity index is 1.67. The van der Waals surface area contributed by atoms with Crippen LogP contribution < -0.4 is 10.1 Å². The number of hydrogen-bond acceptors (Lipinski definition) is 6. The molecule has 0 radical (unpaired) electrons. The molecule has 0 saturated carbocycles. The first kappa shape index (κ1) is 23.8. The third-order valence-electron chi connectivity index (χ3n) is 4.79. The molecule has 7 heteroatoms. The highest BCUT2D eigenvalue weighted by Crippen LogP contribution is 2.23. The fraction of sp³-hybridized carbons (Fsp3) is 0.231. The number of ether oxygens (including phenoxy) is 3. The van der Waals surface area contributed by atoms with Gasteiger partial charge in [-0.25, -0.2) is 9.59 Å². The van der Waals surface area contributed by atoms with Gasteiger partial charge in [-0.2, -0.15) is 0 Å². The minimum Gasteiger partial charge on any atom is -0.489 e. The van der Waals surface area contributed by atoms with E-state index in [1.165, 1.54) is 0 Å². The lowest BCUT2D eigenvalue weighted by atomic mass is 10.0. The van der Waals surface area contributed by atoms with Crippen molar-refractivity contribution in [3.8, 4) is 5.75 Å². The van der Waals surface area contributed by atoms with E-state index in [1.807, 2.05) is 60.7 Å². The van der Waals surface area contributed by atoms with Gasteiger partial charge in [-0.15, -0.1) is 0 Å². The van der Waals surface area contributed by atoms with Gasteiger partial charge in [-0.1, -0.05) is 72.8 Å². The minimum absolute atomic E-state index is 0.0289. The zero-order valence-electron chi connectivity index (χ0n) is 18.3. The monoisotopic (exact) mass is 449 g/mol. The number of amides is 1. The van der Waals surface area contributed by atoms with Gasteiger partial charge in [0.2, 0.25) is 0 Å². The van der Waals surface area contributed by atoms with Crippen molar-refractivity contribution in [2.75, 3.05) is 6.61 Å². The Morgan fingerprint density at radius 1 is 0.848 bits per heavy atom. The smallest absolute Gasteiger partial charge is 0.408 e. The maximum Gasteiger partial charge on any atom is 0.408 e. The van der Waals surface area contributed by atoms with Gasteiger partial charge in [0.15, 0.2) is 6.04 Å². The quantitative estimate of drug-likeness (QED) is 0.452. The third-order valence-corrected chi connectivity index (χ3v) is 4.79. The Bertz CT molecular complexity index is 1030. The second kappa shape index (κ2) is 12.3. The standard InChI is InChI=1S/C26H27NO6/c1-2-31-25(29)23(27-26(30)33-18-20-12-7-4-8-13-20)24(28)21-14-9-15-22(16-21)32-17-19-10-5-3-6-11-19/h3-16,23-24,28H,2,17-18H2,1H3,(H,27,30)/t23-,24+/m0/s1. The number of nitrogens with one attached hydrogen (secondary N) is 1. The van der Waals surface area contributed by atoms with Gasteiger partial charge in [0.05, 0.1) is 6.61 Å². The molecule has 0 bridgehead atoms. The molecular weight excluding hydrogens is 422 g/mol. The molecule has 7 nitrogen and oxygen atoms in total. The summed E-state index contributed by atoms with van der Waals surface area (Å²) < 4.78 is 16.0. The predicted molar refractivity (Wildman–Crippen MR) is 122 cm³/mol. The first-order valence-electron chi connectivity index (χ1n) is 10.7. The molecule has 0 unspecified atom stereocenters. The van der Waals surface area contributed by atoms with E-state index >= 15 is 0 Å². The van der Waals surface area contributed by atoms with E-state index in [-0.39, 0.29) is 13.2 Å². The summed E-state index contributed by atoms with van der Waals surface area (Å²) in [5.74, 6) is -0.248. The summed E-state index contributed by atoms with van der Waals surface area (Å²) in [6, 6.07) is 24.2. The zero-order valence-corrected chi connectivity index (χ0v) is 18.3. The van der Waals surface area contributed by atoms with Gasteiger partial charge in [-0.3, -0.25) is 0 Å². The van der Waals surface area contributed by atoms with Crippen LogP contribution in [0.15, 0.2) is 84.9 Å². The van der Waals surface area contributed by atoms with E-state index in [2.05, 4.69) is 5.32 Å². The van der Waals surface area contributed by atoms with Gasteiger partial charge < -0.3 is 24.6 Å². The topological polar surface area (TPSA) is 94.1 Å². The molecule has 0 heterocycles. The summed E-state index contributed by atoms with van der Waals surface area (Å²) in [5, 5.41) is 13.3. The van der Waals surface area contributed by atoms with Crippen LogP contribution in [0.25, 0.3) is 0 Å². The second-order valence-corrected chi connectivity index (χ2v) is 7.23. The number of alkyl carbamates (subject to hydrolysis) is 1. The first-order valence-corrected chi connectivity index (χ1v) is 10.7. The van der Waals surface area contributed by atoms with Crippen molar-refractivity contribution in [1.82, 2.24) is 5.32 Å².